The summed E-state index contributed by atoms with van der Waals surface area (Å²) in [5, 5.41) is 8.72. The van der Waals surface area contributed by atoms with Gasteiger partial charge in [0.25, 0.3) is 5.91 Å². The summed E-state index contributed by atoms with van der Waals surface area (Å²) < 4.78 is 4.75. The molecule has 0 aliphatic rings. The minimum atomic E-state index is -0.293. The van der Waals surface area contributed by atoms with Gasteiger partial charge in [-0.1, -0.05) is 0 Å². The molecule has 0 unspecified atom stereocenters. The minimum Gasteiger partial charge on any atom is -0.466 e. The molecule has 0 atom stereocenters. The van der Waals surface area contributed by atoms with E-state index in [9.17, 15) is 4.79 Å². The van der Waals surface area contributed by atoms with Gasteiger partial charge in [-0.25, -0.2) is 5.10 Å². The summed E-state index contributed by atoms with van der Waals surface area (Å²) in [6, 6.07) is 3.57. The first-order valence-electron chi connectivity index (χ1n) is 4.20. The monoisotopic (exact) mass is 207 g/mol. The van der Waals surface area contributed by atoms with Crippen LogP contribution in [0.4, 0.5) is 5.95 Å². The van der Waals surface area contributed by atoms with Crippen molar-refractivity contribution in [3.05, 3.63) is 24.0 Å². The van der Waals surface area contributed by atoms with Crippen molar-refractivity contribution in [2.75, 3.05) is 12.4 Å². The number of rotatable bonds is 3. The Bertz CT molecular complexity index is 447. The third kappa shape index (κ3) is 1.96. The predicted molar refractivity (Wildman–Crippen MR) is 51.7 cm³/mol. The fraction of sp³-hybridized carbons (Fsp3) is 0.125. The molecule has 0 aliphatic heterocycles. The molecule has 7 heteroatoms. The van der Waals surface area contributed by atoms with Crippen LogP contribution in [0.2, 0.25) is 0 Å². The fourth-order valence-electron chi connectivity index (χ4n) is 1.04. The number of hydrogen-bond donors (Lipinski definition) is 3. The van der Waals surface area contributed by atoms with Gasteiger partial charge in [0.15, 0.2) is 0 Å². The van der Waals surface area contributed by atoms with Gasteiger partial charge in [0.05, 0.1) is 7.11 Å². The van der Waals surface area contributed by atoms with Crippen LogP contribution >= 0.6 is 0 Å². The average molecular weight is 207 g/mol. The number of aromatic amines is 2. The second-order valence-corrected chi connectivity index (χ2v) is 2.71. The number of amides is 1. The van der Waals surface area contributed by atoms with Gasteiger partial charge in [-0.3, -0.25) is 10.1 Å². The summed E-state index contributed by atoms with van der Waals surface area (Å²) in [6.45, 7) is 0. The topological polar surface area (TPSA) is 95.7 Å². The van der Waals surface area contributed by atoms with Crippen LogP contribution in [0.1, 0.15) is 10.5 Å². The first kappa shape index (κ1) is 9.25. The van der Waals surface area contributed by atoms with Gasteiger partial charge in [0.1, 0.15) is 5.69 Å². The highest BCUT2D eigenvalue weighted by Gasteiger charge is 2.09. The summed E-state index contributed by atoms with van der Waals surface area (Å²) in [4.78, 5) is 18.1. The molecule has 3 N–H and O–H groups in total. The lowest BCUT2D eigenvalue weighted by Gasteiger charge is -1.97. The lowest BCUT2D eigenvalue weighted by molar-refractivity contribution is 0.102. The van der Waals surface area contributed by atoms with Crippen LogP contribution < -0.4 is 10.1 Å². The van der Waals surface area contributed by atoms with Crippen LogP contribution in [0.3, 0.4) is 0 Å². The summed E-state index contributed by atoms with van der Waals surface area (Å²) in [6.07, 6.45) is 1.66. The van der Waals surface area contributed by atoms with E-state index in [4.69, 9.17) is 4.74 Å². The van der Waals surface area contributed by atoms with Crippen molar-refractivity contribution in [1.82, 2.24) is 20.2 Å². The second kappa shape index (κ2) is 3.82. The molecule has 7 nitrogen and oxygen atoms in total. The van der Waals surface area contributed by atoms with Crippen LogP contribution in [0, 0.1) is 0 Å². The quantitative estimate of drug-likeness (QED) is 0.678. The molecule has 0 fully saturated rings. The first-order valence-corrected chi connectivity index (χ1v) is 4.20. The number of nitrogens with one attached hydrogen (secondary N) is 3. The molecule has 0 saturated heterocycles. The summed E-state index contributed by atoms with van der Waals surface area (Å²) >= 11 is 0. The van der Waals surface area contributed by atoms with Gasteiger partial charge in [-0.15, -0.1) is 5.10 Å². The molecule has 15 heavy (non-hydrogen) atoms. The van der Waals surface area contributed by atoms with Crippen LogP contribution in [-0.4, -0.2) is 33.2 Å². The molecule has 2 heterocycles. The second-order valence-electron chi connectivity index (χ2n) is 2.71. The number of carbonyl (C=O) groups excluding carboxylic acids is 1. The number of carbonyl (C=O) groups is 1. The number of methoxy groups -OCH3 is 1. The average Bonchev–Trinajstić information content (AvgIpc) is 2.87. The Morgan fingerprint density at radius 3 is 3.07 bits per heavy atom. The van der Waals surface area contributed by atoms with Gasteiger partial charge < -0.3 is 9.72 Å². The summed E-state index contributed by atoms with van der Waals surface area (Å²) in [5.74, 6) is -0.0507. The Hall–Kier alpha value is -2.31. The van der Waals surface area contributed by atoms with E-state index >= 15 is 0 Å². The van der Waals surface area contributed by atoms with Gasteiger partial charge in [-0.05, 0) is 12.1 Å². The third-order valence-electron chi connectivity index (χ3n) is 1.72. The smallest absolute Gasteiger partial charge is 0.336 e. The highest BCUT2D eigenvalue weighted by molar-refractivity contribution is 6.01. The molecule has 2 aromatic rings. The van der Waals surface area contributed by atoms with E-state index < -0.39 is 0 Å². The maximum Gasteiger partial charge on any atom is 0.336 e. The zero-order valence-electron chi connectivity index (χ0n) is 7.94. The standard InChI is InChI=1S/C8H9N5O2/c1-15-8-11-7(12-13-8)10-6(14)5-3-2-4-9-5/h2-4,9H,1H3,(H2,10,11,12,13,14). The molecule has 0 aromatic carbocycles. The Morgan fingerprint density at radius 2 is 2.47 bits per heavy atom. The molecule has 0 spiro atoms. The Balaban J connectivity index is 2.06. The lowest BCUT2D eigenvalue weighted by atomic mass is 10.4. The number of aromatic nitrogens is 4. The first-order chi connectivity index (χ1) is 7.29. The van der Waals surface area contributed by atoms with E-state index in [1.807, 2.05) is 0 Å². The molecule has 2 aromatic heterocycles. The van der Waals surface area contributed by atoms with Crippen molar-refractivity contribution in [3.8, 4) is 6.01 Å². The highest BCUT2D eigenvalue weighted by Crippen LogP contribution is 2.06. The summed E-state index contributed by atoms with van der Waals surface area (Å²) in [5.41, 5.74) is 0.449. The van der Waals surface area contributed by atoms with Crippen molar-refractivity contribution in [1.29, 1.82) is 0 Å². The van der Waals surface area contributed by atoms with Crippen molar-refractivity contribution in [2.45, 2.75) is 0 Å². The predicted octanol–water partition coefficient (Wildman–Crippen LogP) is 0.394. The molecule has 0 radical (unpaired) electrons. The third-order valence-corrected chi connectivity index (χ3v) is 1.72. The van der Waals surface area contributed by atoms with Gasteiger partial charge in [0, 0.05) is 6.20 Å². The van der Waals surface area contributed by atoms with E-state index in [0.717, 1.165) is 0 Å². The molecular formula is C8H9N5O2. The van der Waals surface area contributed by atoms with Gasteiger partial charge in [0.2, 0.25) is 5.95 Å². The van der Waals surface area contributed by atoms with Crippen LogP contribution in [0.25, 0.3) is 0 Å². The van der Waals surface area contributed by atoms with Crippen molar-refractivity contribution in [2.24, 2.45) is 0 Å². The molecule has 78 valence electrons. The number of ether oxygens (including phenoxy) is 1. The molecule has 1 amide bonds. The zero-order valence-corrected chi connectivity index (χ0v) is 7.94. The maximum absolute atomic E-state index is 11.5. The number of H-pyrrole nitrogens is 2. The molecular weight excluding hydrogens is 198 g/mol. The van der Waals surface area contributed by atoms with Crippen molar-refractivity contribution >= 4 is 11.9 Å². The van der Waals surface area contributed by atoms with Crippen LogP contribution in [-0.2, 0) is 0 Å². The summed E-state index contributed by atoms with van der Waals surface area (Å²) in [7, 11) is 1.44. The van der Waals surface area contributed by atoms with E-state index in [1.165, 1.54) is 7.11 Å². The zero-order chi connectivity index (χ0) is 10.7. The van der Waals surface area contributed by atoms with Gasteiger partial charge >= 0.3 is 6.01 Å². The molecule has 0 bridgehead atoms. The number of hydrogen-bond acceptors (Lipinski definition) is 4. The highest BCUT2D eigenvalue weighted by atomic mass is 16.5. The van der Waals surface area contributed by atoms with Crippen LogP contribution in [0.5, 0.6) is 6.01 Å². The molecule has 2 rings (SSSR count). The van der Waals surface area contributed by atoms with Gasteiger partial charge in [-0.2, -0.15) is 4.98 Å². The maximum atomic E-state index is 11.5. The Labute approximate surface area is 84.9 Å². The molecule has 0 aliphatic carbocycles. The van der Waals surface area contributed by atoms with E-state index in [0.29, 0.717) is 5.69 Å². The van der Waals surface area contributed by atoms with Crippen molar-refractivity contribution < 1.29 is 9.53 Å². The molecule has 0 saturated carbocycles. The Kier molecular flexibility index (Phi) is 2.36. The fourth-order valence-corrected chi connectivity index (χ4v) is 1.04. The SMILES string of the molecule is COc1n[nH]c(NC(=O)c2ccc[nH]2)n1. The van der Waals surface area contributed by atoms with Crippen LogP contribution in [0.15, 0.2) is 18.3 Å². The number of anilines is 1. The minimum absolute atomic E-state index is 0.178. The lowest BCUT2D eigenvalue weighted by Crippen LogP contribution is -2.13. The normalized spacial score (nSPS) is 9.93. The van der Waals surface area contributed by atoms with E-state index in [-0.39, 0.29) is 17.9 Å². The Morgan fingerprint density at radius 1 is 1.60 bits per heavy atom. The number of nitrogens with zero attached hydrogens (tertiary/aromatic N) is 2. The van der Waals surface area contributed by atoms with E-state index in [1.54, 1.807) is 18.3 Å². The largest absolute Gasteiger partial charge is 0.466 e. The van der Waals surface area contributed by atoms with Crippen molar-refractivity contribution in [3.63, 3.8) is 0 Å². The van der Waals surface area contributed by atoms with E-state index in [2.05, 4.69) is 25.5 Å².